The normalized spacial score (nSPS) is 12.8. The molecular weight excluding hydrogens is 294 g/mol. The number of anilines is 1. The highest BCUT2D eigenvalue weighted by Gasteiger charge is 2.31. The maximum atomic E-state index is 12.2. The van der Waals surface area contributed by atoms with Gasteiger partial charge in [-0.3, -0.25) is 14.9 Å². The molecule has 2 aromatic rings. The molecule has 2 N–H and O–H groups in total. The third-order valence-corrected chi connectivity index (χ3v) is 3.10. The molecule has 1 aliphatic heterocycles. The van der Waals surface area contributed by atoms with Gasteiger partial charge in [0.25, 0.3) is 11.6 Å². The lowest BCUT2D eigenvalue weighted by molar-refractivity contribution is -0.715. The monoisotopic (exact) mass is 302 g/mol. The fraction of sp³-hybridized carbons (Fsp3) is 0. The summed E-state index contributed by atoms with van der Waals surface area (Å²) in [7, 11) is 0. The molecule has 0 unspecified atom stereocenters. The van der Waals surface area contributed by atoms with Crippen molar-refractivity contribution >= 4 is 23.0 Å². The molecule has 2 aromatic carbocycles. The molecule has 0 saturated carbocycles. The quantitative estimate of drug-likeness (QED) is 0.637. The lowest BCUT2D eigenvalue weighted by atomic mass is 10.1. The number of hydrogen-bond acceptors (Lipinski definition) is 6. The number of nitro benzene ring substituents is 1. The molecule has 0 atom stereocenters. The molecule has 0 aliphatic carbocycles. The van der Waals surface area contributed by atoms with Crippen LogP contribution in [-0.4, -0.2) is 10.8 Å². The number of hydrogen-bond donors (Lipinski definition) is 2. The third-order valence-electron chi connectivity index (χ3n) is 3.10. The number of carbonyl (C=O) groups excluding carboxylic acids is 1. The van der Waals surface area contributed by atoms with Crippen LogP contribution in [0.3, 0.4) is 0 Å². The molecule has 3 rings (SSSR count). The van der Waals surface area contributed by atoms with Crippen molar-refractivity contribution in [3.05, 3.63) is 62.5 Å². The van der Waals surface area contributed by atoms with Crippen molar-refractivity contribution in [2.24, 2.45) is 0 Å². The number of fused-ring (bicyclic) bond motifs is 2. The average molecular weight is 302 g/mol. The molecule has 9 heteroatoms. The zero-order valence-electron chi connectivity index (χ0n) is 10.9. The molecule has 0 aromatic heterocycles. The second kappa shape index (κ2) is 5.07. The van der Waals surface area contributed by atoms with Crippen molar-refractivity contribution < 1.29 is 19.7 Å². The molecule has 1 aliphatic rings. The second-order valence-electron chi connectivity index (χ2n) is 4.47. The van der Waals surface area contributed by atoms with Crippen LogP contribution in [0.15, 0.2) is 36.4 Å². The van der Waals surface area contributed by atoms with Gasteiger partial charge < -0.3 is 25.7 Å². The summed E-state index contributed by atoms with van der Waals surface area (Å²) in [5.41, 5.74) is -1.13. The summed E-state index contributed by atoms with van der Waals surface area (Å²) in [6.45, 7) is 0. The van der Waals surface area contributed by atoms with Gasteiger partial charge in [0.2, 0.25) is 0 Å². The van der Waals surface area contributed by atoms with Crippen LogP contribution in [0.1, 0.15) is 10.4 Å². The Labute approximate surface area is 123 Å². The molecule has 0 spiro atoms. The molecule has 1 amide bonds. The topological polar surface area (TPSA) is 132 Å². The van der Waals surface area contributed by atoms with Gasteiger partial charge in [0.05, 0.1) is 16.7 Å². The number of carbonyl (C=O) groups is 1. The molecule has 0 radical (unpaired) electrons. The van der Waals surface area contributed by atoms with E-state index in [1.165, 1.54) is 0 Å². The van der Waals surface area contributed by atoms with Crippen molar-refractivity contribution in [1.29, 1.82) is 0 Å². The maximum Gasteiger partial charge on any atom is 0.291 e. The Balaban J connectivity index is 2.25. The Bertz CT molecular complexity index is 789. The molecule has 0 saturated heterocycles. The van der Waals surface area contributed by atoms with Crippen LogP contribution in [0.25, 0.3) is 0 Å². The summed E-state index contributed by atoms with van der Waals surface area (Å²) in [6, 6.07) is 8.20. The van der Waals surface area contributed by atoms with E-state index in [0.29, 0.717) is 5.69 Å². The van der Waals surface area contributed by atoms with E-state index in [-0.39, 0.29) is 17.1 Å². The number of ether oxygens (including phenoxy) is 1. The molecule has 0 bridgehead atoms. The summed E-state index contributed by atoms with van der Waals surface area (Å²) in [6.07, 6.45) is 0. The molecule has 22 heavy (non-hydrogen) atoms. The number of benzene rings is 2. The zero-order valence-corrected chi connectivity index (χ0v) is 10.9. The predicted molar refractivity (Wildman–Crippen MR) is 74.9 cm³/mol. The van der Waals surface area contributed by atoms with Gasteiger partial charge in [-0.2, -0.15) is 0 Å². The first kappa shape index (κ1) is 13.9. The number of nitrogens with zero attached hydrogens (tertiary/aromatic N) is 1. The molecule has 0 fully saturated rings. The third kappa shape index (κ3) is 2.24. The minimum absolute atomic E-state index is 0.212. The van der Waals surface area contributed by atoms with Gasteiger partial charge in [0, 0.05) is 6.07 Å². The van der Waals surface area contributed by atoms with E-state index in [1.807, 2.05) is 0 Å². The van der Waals surface area contributed by atoms with Crippen molar-refractivity contribution in [1.82, 2.24) is 0 Å². The Morgan fingerprint density at radius 2 is 1.86 bits per heavy atom. The van der Waals surface area contributed by atoms with Crippen molar-refractivity contribution in [3.8, 4) is 11.5 Å². The van der Waals surface area contributed by atoms with Gasteiger partial charge in [-0.1, -0.05) is 12.1 Å². The van der Waals surface area contributed by atoms with E-state index in [9.17, 15) is 25.3 Å². The minimum Gasteiger partial charge on any atom is -0.628 e. The predicted octanol–water partition coefficient (Wildman–Crippen LogP) is 1.46. The largest absolute Gasteiger partial charge is 0.628 e. The van der Waals surface area contributed by atoms with E-state index >= 15 is 0 Å². The fourth-order valence-corrected chi connectivity index (χ4v) is 2.13. The molecule has 112 valence electrons. The Kier molecular flexibility index (Phi) is 3.22. The van der Waals surface area contributed by atoms with Crippen molar-refractivity contribution in [2.75, 3.05) is 5.32 Å². The van der Waals surface area contributed by atoms with Crippen LogP contribution < -0.4 is 15.3 Å². The summed E-state index contributed by atoms with van der Waals surface area (Å²) in [5, 5.41) is 34.0. The number of nitro groups is 1. The van der Waals surface area contributed by atoms with Gasteiger partial charge in [-0.05, 0) is 12.1 Å². The number of amides is 1. The zero-order chi connectivity index (χ0) is 15.9. The summed E-state index contributed by atoms with van der Waals surface area (Å²) >= 11 is 0. The Hall–Kier alpha value is -3.01. The minimum atomic E-state index is -1.60. The highest BCUT2D eigenvalue weighted by molar-refractivity contribution is 6.11. The first-order chi connectivity index (χ1) is 10.5. The van der Waals surface area contributed by atoms with Crippen molar-refractivity contribution in [3.63, 3.8) is 0 Å². The number of nitrogens with one attached hydrogen (secondary N) is 2. The Morgan fingerprint density at radius 1 is 1.14 bits per heavy atom. The van der Waals surface area contributed by atoms with E-state index < -0.39 is 27.4 Å². The fourth-order valence-electron chi connectivity index (χ4n) is 2.13. The molecular formula is C13H8N3O6-. The van der Waals surface area contributed by atoms with Gasteiger partial charge in [0.1, 0.15) is 5.69 Å². The first-order valence-corrected chi connectivity index (χ1v) is 6.09. The van der Waals surface area contributed by atoms with Crippen LogP contribution >= 0.6 is 0 Å². The van der Waals surface area contributed by atoms with E-state index in [0.717, 1.165) is 12.1 Å². The first-order valence-electron chi connectivity index (χ1n) is 6.09. The van der Waals surface area contributed by atoms with Gasteiger partial charge >= 0.3 is 0 Å². The lowest BCUT2D eigenvalue weighted by Gasteiger charge is -2.25. The Morgan fingerprint density at radius 3 is 2.55 bits per heavy atom. The van der Waals surface area contributed by atoms with Crippen molar-refractivity contribution in [2.45, 2.75) is 0 Å². The van der Waals surface area contributed by atoms with Gasteiger partial charge in [0.15, 0.2) is 17.1 Å². The second-order valence-corrected chi connectivity index (χ2v) is 4.47. The van der Waals surface area contributed by atoms with Crippen LogP contribution in [0.4, 0.5) is 17.1 Å². The van der Waals surface area contributed by atoms with E-state index in [2.05, 4.69) is 5.32 Å². The highest BCUT2D eigenvalue weighted by atomic mass is 16.8. The van der Waals surface area contributed by atoms with E-state index in [4.69, 9.17) is 4.74 Å². The average Bonchev–Trinajstić information content (AvgIpc) is 2.61. The molecule has 1 heterocycles. The number of quaternary nitrogens is 1. The molecule has 9 nitrogen and oxygen atoms in total. The highest BCUT2D eigenvalue weighted by Crippen LogP contribution is 2.40. The maximum absolute atomic E-state index is 12.2. The standard InChI is InChI=1S/C13H8N3O6/c17-13-12-9(16(20)21)5-7(15(18)19)6-11(12)22-10-4-2-1-3-8(10)14-13/h1-6,15H,(H,14,17)/q-1. The van der Waals surface area contributed by atoms with E-state index in [1.54, 1.807) is 24.3 Å². The van der Waals surface area contributed by atoms with Crippen LogP contribution in [-0.2, 0) is 0 Å². The lowest BCUT2D eigenvalue weighted by Crippen LogP contribution is -2.96. The summed E-state index contributed by atoms with van der Waals surface area (Å²) in [4.78, 5) is 22.5. The summed E-state index contributed by atoms with van der Waals surface area (Å²) in [5.74, 6) is -0.716. The van der Waals surface area contributed by atoms with Crippen LogP contribution in [0.2, 0.25) is 0 Å². The summed E-state index contributed by atoms with van der Waals surface area (Å²) < 4.78 is 5.48. The smallest absolute Gasteiger partial charge is 0.291 e. The van der Waals surface area contributed by atoms with Gasteiger partial charge in [-0.25, -0.2) is 0 Å². The number of rotatable bonds is 2. The SMILES string of the molecule is O=C1Nc2ccccc2Oc2cc([NH+]([O-])[O-])cc([N+](=O)[O-])c21. The van der Waals surface area contributed by atoms with Crippen LogP contribution in [0.5, 0.6) is 11.5 Å². The van der Waals surface area contributed by atoms with Gasteiger partial charge in [-0.15, -0.1) is 0 Å². The van der Waals surface area contributed by atoms with Crippen LogP contribution in [0, 0.1) is 20.5 Å². The number of para-hydroxylation sites is 2.